The smallest absolute Gasteiger partial charge is 0.190 e. The van der Waals surface area contributed by atoms with Crippen LogP contribution in [0.2, 0.25) is 0 Å². The Labute approximate surface area is 138 Å². The molecule has 0 bridgehead atoms. The molecule has 22 heavy (non-hydrogen) atoms. The van der Waals surface area contributed by atoms with Gasteiger partial charge in [-0.25, -0.2) is 4.98 Å². The van der Waals surface area contributed by atoms with Gasteiger partial charge < -0.3 is 10.6 Å². The minimum Gasteiger partial charge on any atom is -0.356 e. The quantitative estimate of drug-likeness (QED) is 0.437. The van der Waals surface area contributed by atoms with E-state index in [4.69, 9.17) is 0 Å². The fraction of sp³-hybridized carbons (Fsp3) is 0.765. The lowest BCUT2D eigenvalue weighted by molar-refractivity contribution is 0.131. The van der Waals surface area contributed by atoms with Crippen molar-refractivity contribution in [1.29, 1.82) is 0 Å². The highest BCUT2D eigenvalue weighted by molar-refractivity contribution is 7.09. The van der Waals surface area contributed by atoms with Crippen molar-refractivity contribution in [3.05, 3.63) is 16.1 Å². The van der Waals surface area contributed by atoms with E-state index >= 15 is 0 Å². The number of guanidine groups is 1. The fourth-order valence-electron chi connectivity index (χ4n) is 2.95. The molecule has 1 aromatic rings. The normalized spacial score (nSPS) is 17.1. The molecule has 4 nitrogen and oxygen atoms in total. The first-order valence-electron chi connectivity index (χ1n) is 8.53. The van der Waals surface area contributed by atoms with Crippen LogP contribution >= 0.6 is 11.3 Å². The van der Waals surface area contributed by atoms with Gasteiger partial charge in [-0.2, -0.15) is 0 Å². The van der Waals surface area contributed by atoms with Crippen molar-refractivity contribution in [3.8, 4) is 0 Å². The third kappa shape index (κ3) is 4.97. The van der Waals surface area contributed by atoms with Gasteiger partial charge >= 0.3 is 0 Å². The van der Waals surface area contributed by atoms with E-state index in [1.165, 1.54) is 37.1 Å². The summed E-state index contributed by atoms with van der Waals surface area (Å²) in [6.45, 7) is 6.39. The van der Waals surface area contributed by atoms with E-state index in [2.05, 4.69) is 39.8 Å². The lowest BCUT2D eigenvalue weighted by Gasteiger charge is -2.41. The van der Waals surface area contributed by atoms with E-state index < -0.39 is 0 Å². The van der Waals surface area contributed by atoms with Crippen LogP contribution in [-0.4, -0.2) is 31.1 Å². The molecule has 0 amide bonds. The average molecular weight is 323 g/mol. The molecule has 0 radical (unpaired) electrons. The molecule has 1 aliphatic rings. The summed E-state index contributed by atoms with van der Waals surface area (Å²) in [5, 5.41) is 10.3. The fourth-order valence-corrected chi connectivity index (χ4v) is 3.77. The molecule has 0 saturated heterocycles. The highest BCUT2D eigenvalue weighted by atomic mass is 32.1. The van der Waals surface area contributed by atoms with Crippen LogP contribution in [0, 0.1) is 12.3 Å². The van der Waals surface area contributed by atoms with Crippen molar-refractivity contribution in [2.75, 3.05) is 20.1 Å². The van der Waals surface area contributed by atoms with E-state index in [9.17, 15) is 0 Å². The summed E-state index contributed by atoms with van der Waals surface area (Å²) in [5.74, 6) is 0.949. The second-order valence-corrected chi connectivity index (χ2v) is 7.34. The predicted octanol–water partition coefficient (Wildman–Crippen LogP) is 3.52. The molecule has 1 aliphatic carbocycles. The van der Waals surface area contributed by atoms with E-state index in [1.807, 2.05) is 7.05 Å². The second-order valence-electron chi connectivity index (χ2n) is 6.40. The predicted molar refractivity (Wildman–Crippen MR) is 95.7 cm³/mol. The van der Waals surface area contributed by atoms with Gasteiger partial charge in [0.15, 0.2) is 5.96 Å². The Morgan fingerprint density at radius 1 is 1.36 bits per heavy atom. The number of hydrogen-bond donors (Lipinski definition) is 2. The van der Waals surface area contributed by atoms with E-state index in [-0.39, 0.29) is 0 Å². The Balaban J connectivity index is 1.58. The van der Waals surface area contributed by atoms with Crippen LogP contribution in [0.4, 0.5) is 0 Å². The molecule has 0 unspecified atom stereocenters. The number of aryl methyl sites for hydroxylation is 2. The van der Waals surface area contributed by atoms with Crippen LogP contribution in [0.15, 0.2) is 10.4 Å². The van der Waals surface area contributed by atoms with Crippen molar-refractivity contribution < 1.29 is 0 Å². The molecule has 0 aromatic carbocycles. The molecule has 0 atom stereocenters. The largest absolute Gasteiger partial charge is 0.356 e. The first-order valence-corrected chi connectivity index (χ1v) is 9.41. The van der Waals surface area contributed by atoms with Gasteiger partial charge in [0, 0.05) is 31.2 Å². The van der Waals surface area contributed by atoms with Crippen LogP contribution in [0.25, 0.3) is 0 Å². The van der Waals surface area contributed by atoms with E-state index in [0.717, 1.165) is 37.6 Å². The molecule has 1 aromatic heterocycles. The first kappa shape index (κ1) is 17.3. The minimum atomic E-state index is 0.528. The van der Waals surface area contributed by atoms with Gasteiger partial charge in [0.25, 0.3) is 0 Å². The minimum absolute atomic E-state index is 0.528. The Kier molecular flexibility index (Phi) is 6.68. The van der Waals surface area contributed by atoms with Crippen LogP contribution in [0.5, 0.6) is 0 Å². The Morgan fingerprint density at radius 3 is 2.73 bits per heavy atom. The van der Waals surface area contributed by atoms with Gasteiger partial charge in [-0.3, -0.25) is 4.99 Å². The summed E-state index contributed by atoms with van der Waals surface area (Å²) in [7, 11) is 1.85. The van der Waals surface area contributed by atoms with Crippen molar-refractivity contribution in [2.45, 2.75) is 58.8 Å². The molecule has 5 heteroatoms. The van der Waals surface area contributed by atoms with Crippen molar-refractivity contribution >= 4 is 17.3 Å². The van der Waals surface area contributed by atoms with E-state index in [1.54, 1.807) is 11.3 Å². The summed E-state index contributed by atoms with van der Waals surface area (Å²) in [6, 6.07) is 0. The SMILES string of the molecule is CCC1(CNC(=NC)NCCCCc2nc(C)cs2)CCC1. The van der Waals surface area contributed by atoms with Crippen LogP contribution in [-0.2, 0) is 6.42 Å². The standard InChI is InChI=1S/C17H30N4S/c1-4-17(9-7-10-17)13-20-16(18-3)19-11-6-5-8-15-21-14(2)12-22-15/h12H,4-11,13H2,1-3H3,(H2,18,19,20). The van der Waals surface area contributed by atoms with Gasteiger partial charge in [0.05, 0.1) is 5.01 Å². The molecule has 0 aliphatic heterocycles. The summed E-state index contributed by atoms with van der Waals surface area (Å²) < 4.78 is 0. The molecule has 1 heterocycles. The maximum absolute atomic E-state index is 4.50. The van der Waals surface area contributed by atoms with Gasteiger partial charge in [-0.1, -0.05) is 13.3 Å². The maximum Gasteiger partial charge on any atom is 0.190 e. The molecule has 0 spiro atoms. The average Bonchev–Trinajstić information content (AvgIpc) is 2.89. The summed E-state index contributed by atoms with van der Waals surface area (Å²) >= 11 is 1.77. The Morgan fingerprint density at radius 2 is 2.18 bits per heavy atom. The number of hydrogen-bond acceptors (Lipinski definition) is 3. The van der Waals surface area contributed by atoms with Gasteiger partial charge in [-0.15, -0.1) is 11.3 Å². The molecule has 2 N–H and O–H groups in total. The summed E-state index contributed by atoms with van der Waals surface area (Å²) in [4.78, 5) is 8.83. The number of nitrogens with zero attached hydrogens (tertiary/aromatic N) is 2. The third-order valence-corrected chi connectivity index (χ3v) is 5.82. The zero-order chi connectivity index (χ0) is 15.8. The molecule has 1 saturated carbocycles. The van der Waals surface area contributed by atoms with Crippen molar-refractivity contribution in [3.63, 3.8) is 0 Å². The van der Waals surface area contributed by atoms with Gasteiger partial charge in [0.1, 0.15) is 0 Å². The van der Waals surface area contributed by atoms with Crippen molar-refractivity contribution in [2.24, 2.45) is 10.4 Å². The van der Waals surface area contributed by atoms with Crippen LogP contribution < -0.4 is 10.6 Å². The molecule has 1 fully saturated rings. The summed E-state index contributed by atoms with van der Waals surface area (Å²) in [5.41, 5.74) is 1.67. The zero-order valence-corrected chi connectivity index (χ0v) is 15.1. The number of unbranched alkanes of at least 4 members (excludes halogenated alkanes) is 1. The number of rotatable bonds is 8. The number of thiazole rings is 1. The Hall–Kier alpha value is -1.10. The molecular formula is C17H30N4S. The van der Waals surface area contributed by atoms with Crippen LogP contribution in [0.3, 0.4) is 0 Å². The molecular weight excluding hydrogens is 292 g/mol. The molecule has 2 rings (SSSR count). The van der Waals surface area contributed by atoms with Crippen molar-refractivity contribution in [1.82, 2.24) is 15.6 Å². The molecule has 124 valence electrons. The number of aromatic nitrogens is 1. The lowest BCUT2D eigenvalue weighted by atomic mass is 9.67. The van der Waals surface area contributed by atoms with Gasteiger partial charge in [-0.05, 0) is 50.9 Å². The number of nitrogens with one attached hydrogen (secondary N) is 2. The monoisotopic (exact) mass is 322 g/mol. The topological polar surface area (TPSA) is 49.3 Å². The number of aliphatic imine (C=N–C) groups is 1. The Bertz CT molecular complexity index is 471. The van der Waals surface area contributed by atoms with Gasteiger partial charge in [0.2, 0.25) is 0 Å². The highest BCUT2D eigenvalue weighted by Gasteiger charge is 2.34. The lowest BCUT2D eigenvalue weighted by Crippen LogP contribution is -2.46. The first-order chi connectivity index (χ1) is 10.7. The van der Waals surface area contributed by atoms with E-state index in [0.29, 0.717) is 5.41 Å². The third-order valence-electron chi connectivity index (χ3n) is 4.80. The highest BCUT2D eigenvalue weighted by Crippen LogP contribution is 2.42. The zero-order valence-electron chi connectivity index (χ0n) is 14.2. The summed E-state index contributed by atoms with van der Waals surface area (Å²) in [6.07, 6.45) is 8.79. The van der Waals surface area contributed by atoms with Crippen LogP contribution in [0.1, 0.15) is 56.2 Å². The second kappa shape index (κ2) is 8.51. The maximum atomic E-state index is 4.50.